The molecule has 1 saturated heterocycles. The standard InChI is InChI=1S/C4H10N2.CH3ClO2S/c1-2-6-4-3-5-1;1-5(2,3)4/h5-6H,1-4H2;1H3. The number of nitrogens with one attached hydrogen (secondary N) is 2. The quantitative estimate of drug-likeness (QED) is 0.511. The average molecular weight is 201 g/mol. The van der Waals surface area contributed by atoms with E-state index in [0.717, 1.165) is 32.4 Å². The lowest BCUT2D eigenvalue weighted by Crippen LogP contribution is -2.39. The lowest BCUT2D eigenvalue weighted by atomic mass is 10.4. The number of halogens is 1. The molecular weight excluding hydrogens is 188 g/mol. The van der Waals surface area contributed by atoms with Crippen LogP contribution in [0.5, 0.6) is 0 Å². The molecule has 0 aliphatic carbocycles. The molecule has 6 heteroatoms. The maximum absolute atomic E-state index is 9.40. The predicted molar refractivity (Wildman–Crippen MR) is 46.4 cm³/mol. The molecule has 0 spiro atoms. The highest BCUT2D eigenvalue weighted by molar-refractivity contribution is 8.13. The minimum absolute atomic E-state index is 0.925. The van der Waals surface area contributed by atoms with E-state index in [0.29, 0.717) is 0 Å². The molecule has 0 atom stereocenters. The highest BCUT2D eigenvalue weighted by Gasteiger charge is 1.91. The topological polar surface area (TPSA) is 58.2 Å². The summed E-state index contributed by atoms with van der Waals surface area (Å²) >= 11 is 0. The molecule has 0 aromatic carbocycles. The number of rotatable bonds is 0. The summed E-state index contributed by atoms with van der Waals surface area (Å²) in [5.41, 5.74) is 0. The third-order valence-electron chi connectivity index (χ3n) is 0.957. The molecule has 0 saturated carbocycles. The fraction of sp³-hybridized carbons (Fsp3) is 1.00. The van der Waals surface area contributed by atoms with E-state index in [-0.39, 0.29) is 0 Å². The van der Waals surface area contributed by atoms with Gasteiger partial charge in [0.1, 0.15) is 0 Å². The Bertz CT molecular complexity index is 157. The normalized spacial score (nSPS) is 18.4. The zero-order valence-electron chi connectivity index (χ0n) is 6.43. The Morgan fingerprint density at radius 1 is 1.09 bits per heavy atom. The van der Waals surface area contributed by atoms with Gasteiger partial charge in [0, 0.05) is 36.9 Å². The second-order valence-electron chi connectivity index (χ2n) is 2.18. The summed E-state index contributed by atoms with van der Waals surface area (Å²) < 4.78 is 18.8. The van der Waals surface area contributed by atoms with Gasteiger partial charge in [-0.05, 0) is 0 Å². The molecule has 0 unspecified atom stereocenters. The smallest absolute Gasteiger partial charge is 0.229 e. The summed E-state index contributed by atoms with van der Waals surface area (Å²) in [7, 11) is 1.31. The van der Waals surface area contributed by atoms with E-state index in [9.17, 15) is 8.42 Å². The van der Waals surface area contributed by atoms with Crippen molar-refractivity contribution >= 4 is 19.7 Å². The molecule has 0 amide bonds. The first-order valence-corrected chi connectivity index (χ1v) is 6.03. The van der Waals surface area contributed by atoms with Gasteiger partial charge in [0.25, 0.3) is 0 Å². The van der Waals surface area contributed by atoms with E-state index in [2.05, 4.69) is 21.3 Å². The first-order valence-electron chi connectivity index (χ1n) is 3.31. The van der Waals surface area contributed by atoms with Crippen molar-refractivity contribution in [3.8, 4) is 0 Å². The van der Waals surface area contributed by atoms with Crippen molar-refractivity contribution in [2.24, 2.45) is 0 Å². The Hall–Kier alpha value is 0.160. The van der Waals surface area contributed by atoms with Crippen molar-refractivity contribution in [3.63, 3.8) is 0 Å². The zero-order valence-corrected chi connectivity index (χ0v) is 8.00. The number of hydrogen-bond donors (Lipinski definition) is 2. The summed E-state index contributed by atoms with van der Waals surface area (Å²) in [4.78, 5) is 0. The highest BCUT2D eigenvalue weighted by Crippen LogP contribution is 1.83. The van der Waals surface area contributed by atoms with E-state index < -0.39 is 9.05 Å². The summed E-state index contributed by atoms with van der Waals surface area (Å²) in [5.74, 6) is 0. The molecule has 1 heterocycles. The van der Waals surface area contributed by atoms with Gasteiger partial charge in [-0.1, -0.05) is 0 Å². The largest absolute Gasteiger partial charge is 0.314 e. The number of piperazine rings is 1. The van der Waals surface area contributed by atoms with Gasteiger partial charge in [0.15, 0.2) is 0 Å². The third kappa shape index (κ3) is 17.8. The first kappa shape index (κ1) is 11.2. The molecule has 0 aromatic rings. The molecule has 1 aliphatic heterocycles. The number of hydrogen-bond acceptors (Lipinski definition) is 4. The van der Waals surface area contributed by atoms with Crippen LogP contribution in [0.3, 0.4) is 0 Å². The Morgan fingerprint density at radius 3 is 1.36 bits per heavy atom. The lowest BCUT2D eigenvalue weighted by molar-refractivity contribution is 0.534. The second kappa shape index (κ2) is 5.77. The van der Waals surface area contributed by atoms with Gasteiger partial charge < -0.3 is 10.6 Å². The van der Waals surface area contributed by atoms with Crippen LogP contribution in [0.1, 0.15) is 0 Å². The monoisotopic (exact) mass is 200 g/mol. The average Bonchev–Trinajstić information content (AvgIpc) is 1.88. The van der Waals surface area contributed by atoms with Gasteiger partial charge >= 0.3 is 0 Å². The van der Waals surface area contributed by atoms with E-state index >= 15 is 0 Å². The SMILES string of the molecule is C1CNCCN1.CS(=O)(=O)Cl. The molecular formula is C5H13ClN2O2S. The Morgan fingerprint density at radius 2 is 1.27 bits per heavy atom. The van der Waals surface area contributed by atoms with Crippen LogP contribution in [-0.4, -0.2) is 40.9 Å². The maximum atomic E-state index is 9.40. The van der Waals surface area contributed by atoms with Crippen molar-refractivity contribution in [1.82, 2.24) is 10.6 Å². The van der Waals surface area contributed by atoms with Crippen LogP contribution in [0.25, 0.3) is 0 Å². The Kier molecular flexibility index (Phi) is 5.85. The van der Waals surface area contributed by atoms with E-state index in [1.165, 1.54) is 0 Å². The van der Waals surface area contributed by atoms with Crippen LogP contribution >= 0.6 is 10.7 Å². The molecule has 0 radical (unpaired) electrons. The minimum atomic E-state index is -3.19. The van der Waals surface area contributed by atoms with E-state index in [1.54, 1.807) is 0 Å². The molecule has 1 fully saturated rings. The first-order chi connectivity index (χ1) is 5.00. The molecule has 1 aliphatic rings. The Labute approximate surface area is 71.7 Å². The zero-order chi connectivity index (χ0) is 8.74. The molecule has 2 N–H and O–H groups in total. The summed E-state index contributed by atoms with van der Waals surface area (Å²) in [6, 6.07) is 0. The summed E-state index contributed by atoms with van der Waals surface area (Å²) in [5, 5.41) is 6.44. The van der Waals surface area contributed by atoms with Crippen LogP contribution in [0.2, 0.25) is 0 Å². The van der Waals surface area contributed by atoms with Gasteiger partial charge in [0.05, 0.1) is 6.26 Å². The lowest BCUT2D eigenvalue weighted by Gasteiger charge is -2.11. The van der Waals surface area contributed by atoms with Crippen LogP contribution in [-0.2, 0) is 9.05 Å². The van der Waals surface area contributed by atoms with Crippen LogP contribution in [0.15, 0.2) is 0 Å². The maximum Gasteiger partial charge on any atom is 0.229 e. The van der Waals surface area contributed by atoms with Crippen molar-refractivity contribution in [2.45, 2.75) is 0 Å². The van der Waals surface area contributed by atoms with Gasteiger partial charge in [-0.3, -0.25) is 0 Å². The molecule has 4 nitrogen and oxygen atoms in total. The van der Waals surface area contributed by atoms with Crippen molar-refractivity contribution in [2.75, 3.05) is 32.4 Å². The van der Waals surface area contributed by atoms with E-state index in [1.807, 2.05) is 0 Å². The molecule has 0 aromatic heterocycles. The molecule has 11 heavy (non-hydrogen) atoms. The van der Waals surface area contributed by atoms with Crippen LogP contribution in [0, 0.1) is 0 Å². The van der Waals surface area contributed by atoms with Gasteiger partial charge in [0.2, 0.25) is 9.05 Å². The van der Waals surface area contributed by atoms with Gasteiger partial charge in [-0.25, -0.2) is 8.42 Å². The molecule has 1 rings (SSSR count). The van der Waals surface area contributed by atoms with Gasteiger partial charge in [-0.15, -0.1) is 0 Å². The Balaban J connectivity index is 0.000000187. The highest BCUT2D eigenvalue weighted by atomic mass is 35.7. The summed E-state index contributed by atoms with van der Waals surface area (Å²) in [6.45, 7) is 4.56. The van der Waals surface area contributed by atoms with Crippen molar-refractivity contribution < 1.29 is 8.42 Å². The van der Waals surface area contributed by atoms with E-state index in [4.69, 9.17) is 0 Å². The summed E-state index contributed by atoms with van der Waals surface area (Å²) in [6.07, 6.45) is 0.925. The predicted octanol–water partition coefficient (Wildman–Crippen LogP) is -0.636. The fourth-order valence-electron chi connectivity index (χ4n) is 0.604. The fourth-order valence-corrected chi connectivity index (χ4v) is 0.604. The minimum Gasteiger partial charge on any atom is -0.314 e. The van der Waals surface area contributed by atoms with Gasteiger partial charge in [-0.2, -0.15) is 0 Å². The molecule has 68 valence electrons. The second-order valence-corrected chi connectivity index (χ2v) is 5.23. The van der Waals surface area contributed by atoms with Crippen LogP contribution < -0.4 is 10.6 Å². The van der Waals surface area contributed by atoms with Crippen LogP contribution in [0.4, 0.5) is 0 Å². The molecule has 0 bridgehead atoms. The third-order valence-corrected chi connectivity index (χ3v) is 0.957. The van der Waals surface area contributed by atoms with Crippen molar-refractivity contribution in [3.05, 3.63) is 0 Å². The van der Waals surface area contributed by atoms with Crippen molar-refractivity contribution in [1.29, 1.82) is 0 Å².